The number of hydrogen-bond acceptors (Lipinski definition) is 2. The molecule has 1 aliphatic carbocycles. The first-order valence-corrected chi connectivity index (χ1v) is 4.48. The SMILES string of the molecule is [CH]1CC(=NOCc2ccccc2)C1. The smallest absolute Gasteiger partial charge is 0.142 e. The normalized spacial score (nSPS) is 14.9. The highest BCUT2D eigenvalue weighted by Gasteiger charge is 2.10. The summed E-state index contributed by atoms with van der Waals surface area (Å²) in [6, 6.07) is 10.1. The molecule has 1 aromatic carbocycles. The molecular formula is C11H12NO. The maximum absolute atomic E-state index is 5.19. The van der Waals surface area contributed by atoms with Crippen molar-refractivity contribution in [3.63, 3.8) is 0 Å². The summed E-state index contributed by atoms with van der Waals surface area (Å²) in [5.74, 6) is 0. The standard InChI is InChI=1S/C11H12NO/c1-2-5-10(6-3-1)9-13-12-11-7-4-8-11/h1-6H,7-9H2. The highest BCUT2D eigenvalue weighted by Crippen LogP contribution is 2.13. The fourth-order valence-corrected chi connectivity index (χ4v) is 1.12. The molecule has 1 fully saturated rings. The average molecular weight is 174 g/mol. The van der Waals surface area contributed by atoms with E-state index in [-0.39, 0.29) is 0 Å². The Kier molecular flexibility index (Phi) is 2.60. The molecule has 0 heterocycles. The van der Waals surface area contributed by atoms with Gasteiger partial charge in [0.1, 0.15) is 6.61 Å². The minimum absolute atomic E-state index is 0.574. The molecule has 1 aliphatic rings. The van der Waals surface area contributed by atoms with Crippen molar-refractivity contribution in [2.24, 2.45) is 5.16 Å². The Morgan fingerprint density at radius 1 is 1.15 bits per heavy atom. The van der Waals surface area contributed by atoms with Crippen molar-refractivity contribution >= 4 is 5.71 Å². The molecule has 0 amide bonds. The first-order valence-electron chi connectivity index (χ1n) is 4.48. The summed E-state index contributed by atoms with van der Waals surface area (Å²) in [5.41, 5.74) is 2.31. The molecule has 2 heteroatoms. The van der Waals surface area contributed by atoms with Crippen LogP contribution >= 0.6 is 0 Å². The van der Waals surface area contributed by atoms with E-state index in [1.54, 1.807) is 0 Å². The minimum atomic E-state index is 0.574. The van der Waals surface area contributed by atoms with E-state index in [2.05, 4.69) is 11.6 Å². The summed E-state index contributed by atoms with van der Waals surface area (Å²) >= 11 is 0. The van der Waals surface area contributed by atoms with Gasteiger partial charge in [0.2, 0.25) is 0 Å². The van der Waals surface area contributed by atoms with Gasteiger partial charge in [-0.2, -0.15) is 0 Å². The lowest BCUT2D eigenvalue weighted by molar-refractivity contribution is 0.129. The Hall–Kier alpha value is -1.31. The molecule has 67 valence electrons. The highest BCUT2D eigenvalue weighted by molar-refractivity contribution is 5.91. The number of benzene rings is 1. The van der Waals surface area contributed by atoms with Crippen LogP contribution in [0.5, 0.6) is 0 Å². The summed E-state index contributed by atoms with van der Waals surface area (Å²) < 4.78 is 0. The Morgan fingerprint density at radius 2 is 1.92 bits per heavy atom. The lowest BCUT2D eigenvalue weighted by Gasteiger charge is -2.12. The lowest BCUT2D eigenvalue weighted by Crippen LogP contribution is -2.10. The van der Waals surface area contributed by atoms with Gasteiger partial charge in [-0.05, 0) is 24.8 Å². The molecule has 2 rings (SSSR count). The van der Waals surface area contributed by atoms with Gasteiger partial charge >= 0.3 is 0 Å². The molecule has 0 N–H and O–H groups in total. The third-order valence-corrected chi connectivity index (χ3v) is 2.03. The van der Waals surface area contributed by atoms with Gasteiger partial charge in [0.05, 0.1) is 5.71 Å². The number of nitrogens with zero attached hydrogens (tertiary/aromatic N) is 1. The molecule has 1 radical (unpaired) electrons. The summed E-state index contributed by atoms with van der Waals surface area (Å²) in [6.07, 6.45) is 4.17. The molecule has 0 atom stereocenters. The van der Waals surface area contributed by atoms with Crippen molar-refractivity contribution < 1.29 is 4.84 Å². The predicted molar refractivity (Wildman–Crippen MR) is 52.2 cm³/mol. The quantitative estimate of drug-likeness (QED) is 0.645. The predicted octanol–water partition coefficient (Wildman–Crippen LogP) is 2.56. The van der Waals surface area contributed by atoms with E-state index in [0.717, 1.165) is 24.1 Å². The van der Waals surface area contributed by atoms with E-state index in [4.69, 9.17) is 4.84 Å². The zero-order valence-corrected chi connectivity index (χ0v) is 7.44. The molecule has 0 aromatic heterocycles. The maximum atomic E-state index is 5.19. The van der Waals surface area contributed by atoms with E-state index >= 15 is 0 Å². The van der Waals surface area contributed by atoms with E-state index in [1.165, 1.54) is 0 Å². The Morgan fingerprint density at radius 3 is 2.54 bits per heavy atom. The van der Waals surface area contributed by atoms with E-state index < -0.39 is 0 Å². The molecule has 1 saturated carbocycles. The van der Waals surface area contributed by atoms with Crippen LogP contribution in [0, 0.1) is 6.42 Å². The van der Waals surface area contributed by atoms with E-state index in [9.17, 15) is 0 Å². The van der Waals surface area contributed by atoms with Crippen LogP contribution in [0.1, 0.15) is 18.4 Å². The third kappa shape index (κ3) is 2.31. The van der Waals surface area contributed by atoms with Crippen molar-refractivity contribution in [2.45, 2.75) is 19.4 Å². The van der Waals surface area contributed by atoms with Gasteiger partial charge in [-0.25, -0.2) is 0 Å². The maximum Gasteiger partial charge on any atom is 0.142 e. The van der Waals surface area contributed by atoms with Gasteiger partial charge in [0.15, 0.2) is 0 Å². The van der Waals surface area contributed by atoms with Crippen LogP contribution in [-0.2, 0) is 11.4 Å². The van der Waals surface area contributed by atoms with Crippen LogP contribution in [0.15, 0.2) is 35.5 Å². The van der Waals surface area contributed by atoms with Gasteiger partial charge < -0.3 is 4.84 Å². The molecule has 13 heavy (non-hydrogen) atoms. The summed E-state index contributed by atoms with van der Waals surface area (Å²) in [4.78, 5) is 5.19. The second-order valence-corrected chi connectivity index (χ2v) is 3.11. The molecular weight excluding hydrogens is 162 g/mol. The van der Waals surface area contributed by atoms with Crippen LogP contribution in [0.2, 0.25) is 0 Å². The number of hydrogen-bond donors (Lipinski definition) is 0. The van der Waals surface area contributed by atoms with Gasteiger partial charge in [-0.15, -0.1) is 0 Å². The van der Waals surface area contributed by atoms with Crippen LogP contribution in [0.3, 0.4) is 0 Å². The van der Waals surface area contributed by atoms with Gasteiger partial charge in [-0.3, -0.25) is 0 Å². The van der Waals surface area contributed by atoms with Gasteiger partial charge in [0, 0.05) is 0 Å². The van der Waals surface area contributed by atoms with Gasteiger partial charge in [-0.1, -0.05) is 35.5 Å². The van der Waals surface area contributed by atoms with Crippen molar-refractivity contribution in [3.05, 3.63) is 42.3 Å². The fourth-order valence-electron chi connectivity index (χ4n) is 1.12. The second kappa shape index (κ2) is 4.08. The number of rotatable bonds is 3. The summed E-state index contributed by atoms with van der Waals surface area (Å²) in [7, 11) is 0. The van der Waals surface area contributed by atoms with Crippen LogP contribution < -0.4 is 0 Å². The molecule has 0 saturated heterocycles. The minimum Gasteiger partial charge on any atom is -0.391 e. The van der Waals surface area contributed by atoms with Crippen molar-refractivity contribution in [2.75, 3.05) is 0 Å². The lowest BCUT2D eigenvalue weighted by atomic mass is 9.98. The third-order valence-electron chi connectivity index (χ3n) is 2.03. The molecule has 1 aromatic rings. The average Bonchev–Trinajstić information content (AvgIpc) is 2.11. The molecule has 0 spiro atoms. The highest BCUT2D eigenvalue weighted by atomic mass is 16.6. The molecule has 0 unspecified atom stereocenters. The second-order valence-electron chi connectivity index (χ2n) is 3.11. The fraction of sp³-hybridized carbons (Fsp3) is 0.273. The topological polar surface area (TPSA) is 21.6 Å². The van der Waals surface area contributed by atoms with E-state index in [1.807, 2.05) is 30.3 Å². The first-order chi connectivity index (χ1) is 6.45. The zero-order valence-electron chi connectivity index (χ0n) is 7.44. The van der Waals surface area contributed by atoms with E-state index in [0.29, 0.717) is 6.61 Å². The summed E-state index contributed by atoms with van der Waals surface area (Å²) in [6.45, 7) is 0.574. The van der Waals surface area contributed by atoms with Crippen LogP contribution in [0.4, 0.5) is 0 Å². The first kappa shape index (κ1) is 8.30. The van der Waals surface area contributed by atoms with Crippen molar-refractivity contribution in [1.82, 2.24) is 0 Å². The summed E-state index contributed by atoms with van der Waals surface area (Å²) in [5, 5.41) is 4.01. The van der Waals surface area contributed by atoms with Gasteiger partial charge in [0.25, 0.3) is 0 Å². The van der Waals surface area contributed by atoms with Crippen molar-refractivity contribution in [1.29, 1.82) is 0 Å². The molecule has 2 nitrogen and oxygen atoms in total. The Labute approximate surface area is 78.2 Å². The Bertz CT molecular complexity index is 286. The monoisotopic (exact) mass is 174 g/mol. The number of oxime groups is 1. The zero-order chi connectivity index (χ0) is 8.93. The molecule has 0 aliphatic heterocycles. The largest absolute Gasteiger partial charge is 0.391 e. The molecule has 0 bridgehead atoms. The Balaban J connectivity index is 1.79. The van der Waals surface area contributed by atoms with Crippen LogP contribution in [0.25, 0.3) is 0 Å². The van der Waals surface area contributed by atoms with Crippen molar-refractivity contribution in [3.8, 4) is 0 Å². The van der Waals surface area contributed by atoms with Crippen LogP contribution in [-0.4, -0.2) is 5.71 Å².